The highest BCUT2D eigenvalue weighted by Crippen LogP contribution is 2.18. The van der Waals surface area contributed by atoms with E-state index in [1.165, 1.54) is 12.3 Å². The first kappa shape index (κ1) is 12.5. The average molecular weight is 184 g/mol. The van der Waals surface area contributed by atoms with Crippen molar-refractivity contribution in [1.82, 2.24) is 4.90 Å². The molecule has 0 amide bonds. The fourth-order valence-corrected chi connectivity index (χ4v) is 1.63. The molecule has 0 unspecified atom stereocenters. The third kappa shape index (κ3) is 3.79. The number of amidine groups is 1. The van der Waals surface area contributed by atoms with E-state index < -0.39 is 0 Å². The maximum atomic E-state index is 4.39. The van der Waals surface area contributed by atoms with Crippen molar-refractivity contribution in [2.75, 3.05) is 20.1 Å². The van der Waals surface area contributed by atoms with Crippen molar-refractivity contribution in [2.24, 2.45) is 10.4 Å². The minimum absolute atomic E-state index is 0.167. The molecule has 0 rings (SSSR count). The SMILES string of the molecule is CCCN(CC)C(=NC)C(C)(C)C. The summed E-state index contributed by atoms with van der Waals surface area (Å²) in [5.41, 5.74) is 0.167. The van der Waals surface area contributed by atoms with Crippen molar-refractivity contribution in [1.29, 1.82) is 0 Å². The third-order valence-electron chi connectivity index (χ3n) is 2.06. The standard InChI is InChI=1S/C11H24N2/c1-7-9-13(8-2)10(12-6)11(3,4)5/h7-9H2,1-6H3. The van der Waals surface area contributed by atoms with Crippen molar-refractivity contribution in [3.05, 3.63) is 0 Å². The van der Waals surface area contributed by atoms with Crippen LogP contribution in [0.15, 0.2) is 4.99 Å². The topological polar surface area (TPSA) is 15.6 Å². The first-order valence-electron chi connectivity index (χ1n) is 5.19. The largest absolute Gasteiger partial charge is 0.360 e. The predicted octanol–water partition coefficient (Wildman–Crippen LogP) is 2.79. The summed E-state index contributed by atoms with van der Waals surface area (Å²) in [5, 5.41) is 0. The summed E-state index contributed by atoms with van der Waals surface area (Å²) in [6, 6.07) is 0. The van der Waals surface area contributed by atoms with E-state index in [4.69, 9.17) is 0 Å². The van der Waals surface area contributed by atoms with Gasteiger partial charge < -0.3 is 4.90 Å². The molecule has 0 fully saturated rings. The molecule has 13 heavy (non-hydrogen) atoms. The molecular formula is C11H24N2. The molecule has 78 valence electrons. The van der Waals surface area contributed by atoms with Gasteiger partial charge in [0.2, 0.25) is 0 Å². The molecule has 2 heteroatoms. The van der Waals surface area contributed by atoms with Gasteiger partial charge in [-0.1, -0.05) is 27.7 Å². The normalized spacial score (nSPS) is 13.2. The highest BCUT2D eigenvalue weighted by atomic mass is 15.2. The number of aliphatic imine (C=N–C) groups is 1. The summed E-state index contributed by atoms with van der Waals surface area (Å²) in [4.78, 5) is 6.75. The Morgan fingerprint density at radius 3 is 2.00 bits per heavy atom. The summed E-state index contributed by atoms with van der Waals surface area (Å²) in [7, 11) is 1.89. The first-order chi connectivity index (χ1) is 5.97. The molecule has 0 aliphatic heterocycles. The van der Waals surface area contributed by atoms with Gasteiger partial charge in [-0.25, -0.2) is 0 Å². The van der Waals surface area contributed by atoms with Gasteiger partial charge in [0.25, 0.3) is 0 Å². The molecule has 0 heterocycles. The van der Waals surface area contributed by atoms with Crippen molar-refractivity contribution in [3.63, 3.8) is 0 Å². The smallest absolute Gasteiger partial charge is 0.104 e. The quantitative estimate of drug-likeness (QED) is 0.486. The second-order valence-corrected chi connectivity index (χ2v) is 4.38. The molecule has 0 atom stereocenters. The zero-order valence-electron chi connectivity index (χ0n) is 10.0. The van der Waals surface area contributed by atoms with Crippen molar-refractivity contribution in [3.8, 4) is 0 Å². The Morgan fingerprint density at radius 2 is 1.77 bits per heavy atom. The Hall–Kier alpha value is -0.530. The summed E-state index contributed by atoms with van der Waals surface area (Å²) in [6.45, 7) is 13.2. The number of nitrogens with zero attached hydrogens (tertiary/aromatic N) is 2. The monoisotopic (exact) mass is 184 g/mol. The van der Waals surface area contributed by atoms with Crippen LogP contribution in [0.4, 0.5) is 0 Å². The fraction of sp³-hybridized carbons (Fsp3) is 0.909. The van der Waals surface area contributed by atoms with Crippen molar-refractivity contribution >= 4 is 5.84 Å². The maximum Gasteiger partial charge on any atom is 0.104 e. The van der Waals surface area contributed by atoms with Gasteiger partial charge in [0, 0.05) is 25.6 Å². The molecule has 0 bridgehead atoms. The molecular weight excluding hydrogens is 160 g/mol. The van der Waals surface area contributed by atoms with Crippen LogP contribution in [0.1, 0.15) is 41.0 Å². The van der Waals surface area contributed by atoms with Crippen LogP contribution in [0, 0.1) is 5.41 Å². The van der Waals surface area contributed by atoms with Gasteiger partial charge >= 0.3 is 0 Å². The molecule has 0 aromatic carbocycles. The van der Waals surface area contributed by atoms with Gasteiger partial charge in [0.15, 0.2) is 0 Å². The summed E-state index contributed by atoms with van der Waals surface area (Å²) in [6.07, 6.45) is 1.18. The number of rotatable bonds is 3. The summed E-state index contributed by atoms with van der Waals surface area (Å²) >= 11 is 0. The molecule has 0 aliphatic rings. The van der Waals surface area contributed by atoms with Gasteiger partial charge in [-0.3, -0.25) is 4.99 Å². The minimum Gasteiger partial charge on any atom is -0.360 e. The van der Waals surface area contributed by atoms with E-state index in [-0.39, 0.29) is 5.41 Å². The lowest BCUT2D eigenvalue weighted by atomic mass is 9.93. The Bertz CT molecular complexity index is 165. The van der Waals surface area contributed by atoms with E-state index in [0.29, 0.717) is 0 Å². The van der Waals surface area contributed by atoms with Gasteiger partial charge in [-0.2, -0.15) is 0 Å². The van der Waals surface area contributed by atoms with E-state index in [1.807, 2.05) is 7.05 Å². The Labute approximate surface area is 83.0 Å². The van der Waals surface area contributed by atoms with Crippen LogP contribution in [-0.4, -0.2) is 30.9 Å². The Morgan fingerprint density at radius 1 is 1.23 bits per heavy atom. The van der Waals surface area contributed by atoms with Crippen molar-refractivity contribution in [2.45, 2.75) is 41.0 Å². The van der Waals surface area contributed by atoms with Gasteiger partial charge in [0.05, 0.1) is 0 Å². The van der Waals surface area contributed by atoms with Crippen LogP contribution in [0.5, 0.6) is 0 Å². The summed E-state index contributed by atoms with van der Waals surface area (Å²) in [5.74, 6) is 1.22. The zero-order chi connectivity index (χ0) is 10.5. The van der Waals surface area contributed by atoms with Crippen LogP contribution < -0.4 is 0 Å². The first-order valence-corrected chi connectivity index (χ1v) is 5.19. The molecule has 0 aliphatic carbocycles. The van der Waals surface area contributed by atoms with Gasteiger partial charge in [0.1, 0.15) is 5.84 Å². The molecule has 0 spiro atoms. The van der Waals surface area contributed by atoms with Gasteiger partial charge in [-0.15, -0.1) is 0 Å². The van der Waals surface area contributed by atoms with E-state index >= 15 is 0 Å². The molecule has 0 radical (unpaired) electrons. The summed E-state index contributed by atoms with van der Waals surface area (Å²) < 4.78 is 0. The zero-order valence-corrected chi connectivity index (χ0v) is 10.0. The third-order valence-corrected chi connectivity index (χ3v) is 2.06. The van der Waals surface area contributed by atoms with E-state index in [9.17, 15) is 0 Å². The maximum absolute atomic E-state index is 4.39. The lowest BCUT2D eigenvalue weighted by molar-refractivity contribution is 0.383. The van der Waals surface area contributed by atoms with Crippen LogP contribution in [0.25, 0.3) is 0 Å². The number of hydrogen-bond donors (Lipinski definition) is 0. The minimum atomic E-state index is 0.167. The molecule has 0 saturated heterocycles. The average Bonchev–Trinajstić information content (AvgIpc) is 2.01. The highest BCUT2D eigenvalue weighted by molar-refractivity contribution is 5.87. The second kappa shape index (κ2) is 5.25. The van der Waals surface area contributed by atoms with Crippen molar-refractivity contribution < 1.29 is 0 Å². The lowest BCUT2D eigenvalue weighted by Crippen LogP contribution is -2.40. The van der Waals surface area contributed by atoms with E-state index in [2.05, 4.69) is 44.5 Å². The molecule has 0 aromatic rings. The molecule has 0 N–H and O–H groups in total. The predicted molar refractivity (Wildman–Crippen MR) is 60.4 cm³/mol. The Kier molecular flexibility index (Phi) is 5.04. The van der Waals surface area contributed by atoms with Crippen LogP contribution in [0.3, 0.4) is 0 Å². The van der Waals surface area contributed by atoms with Gasteiger partial charge in [-0.05, 0) is 13.3 Å². The Balaban J connectivity index is 4.55. The second-order valence-electron chi connectivity index (χ2n) is 4.38. The van der Waals surface area contributed by atoms with Crippen LogP contribution >= 0.6 is 0 Å². The fourth-order valence-electron chi connectivity index (χ4n) is 1.63. The van der Waals surface area contributed by atoms with Crippen LogP contribution in [-0.2, 0) is 0 Å². The molecule has 0 saturated carbocycles. The van der Waals surface area contributed by atoms with E-state index in [0.717, 1.165) is 13.1 Å². The highest BCUT2D eigenvalue weighted by Gasteiger charge is 2.22. The van der Waals surface area contributed by atoms with Crippen LogP contribution in [0.2, 0.25) is 0 Å². The molecule has 2 nitrogen and oxygen atoms in total. The lowest BCUT2D eigenvalue weighted by Gasteiger charge is -2.32. The van der Waals surface area contributed by atoms with E-state index in [1.54, 1.807) is 0 Å². The molecule has 0 aromatic heterocycles. The number of hydrogen-bond acceptors (Lipinski definition) is 1.